The van der Waals surface area contributed by atoms with Crippen LogP contribution in [0.3, 0.4) is 0 Å². The van der Waals surface area contributed by atoms with Gasteiger partial charge in [0.1, 0.15) is 16.7 Å². The molecule has 2 aromatic rings. The van der Waals surface area contributed by atoms with Gasteiger partial charge in [-0.25, -0.2) is 14.4 Å². The van der Waals surface area contributed by atoms with Gasteiger partial charge in [0.15, 0.2) is 0 Å². The highest BCUT2D eigenvalue weighted by atomic mass is 35.5. The molecule has 3 nitrogen and oxygen atoms in total. The first-order valence-electron chi connectivity index (χ1n) is 5.93. The second kappa shape index (κ2) is 5.53. The van der Waals surface area contributed by atoms with Gasteiger partial charge in [-0.15, -0.1) is 0 Å². The molecule has 1 heterocycles. The summed E-state index contributed by atoms with van der Waals surface area (Å²) < 4.78 is 18.9. The normalized spacial score (nSPS) is 10.8. The average molecular weight is 281 g/mol. The van der Waals surface area contributed by atoms with Gasteiger partial charge < -0.3 is 4.74 Å². The highest BCUT2D eigenvalue weighted by molar-refractivity contribution is 6.29. The third-order valence-corrected chi connectivity index (χ3v) is 2.84. The lowest BCUT2D eigenvalue weighted by atomic mass is 10.1. The molecule has 0 fully saturated rings. The fourth-order valence-corrected chi connectivity index (χ4v) is 1.75. The molecule has 0 aliphatic carbocycles. The minimum atomic E-state index is -0.349. The maximum absolute atomic E-state index is 13.3. The summed E-state index contributed by atoms with van der Waals surface area (Å²) in [5.41, 5.74) is 1.93. The van der Waals surface area contributed by atoms with Crippen LogP contribution in [-0.2, 0) is 0 Å². The van der Waals surface area contributed by atoms with Crippen LogP contribution in [-0.4, -0.2) is 16.1 Å². The van der Waals surface area contributed by atoms with Crippen LogP contribution >= 0.6 is 11.6 Å². The van der Waals surface area contributed by atoms with E-state index in [4.69, 9.17) is 16.3 Å². The van der Waals surface area contributed by atoms with Gasteiger partial charge in [0.25, 0.3) is 0 Å². The Labute approximate surface area is 116 Å². The van der Waals surface area contributed by atoms with Crippen LogP contribution in [0.2, 0.25) is 5.15 Å². The largest absolute Gasteiger partial charge is 0.490 e. The quantitative estimate of drug-likeness (QED) is 0.851. The summed E-state index contributed by atoms with van der Waals surface area (Å²) >= 11 is 5.85. The van der Waals surface area contributed by atoms with E-state index < -0.39 is 0 Å². The number of rotatable bonds is 3. The van der Waals surface area contributed by atoms with E-state index in [0.29, 0.717) is 27.9 Å². The molecule has 1 aromatic carbocycles. The topological polar surface area (TPSA) is 35.0 Å². The number of aromatic nitrogens is 2. The van der Waals surface area contributed by atoms with Gasteiger partial charge in [-0.2, -0.15) is 0 Å². The molecule has 0 aliphatic rings. The first kappa shape index (κ1) is 13.7. The standard InChI is InChI=1S/C14H14ClFN2O/c1-8(2)19-13-6-10(16)4-5-11(13)12-7-17-14(15)9(3)18-12/h4-8H,1-3H3. The van der Waals surface area contributed by atoms with E-state index in [-0.39, 0.29) is 11.9 Å². The summed E-state index contributed by atoms with van der Waals surface area (Å²) in [4.78, 5) is 8.40. The molecule has 0 aliphatic heterocycles. The van der Waals surface area contributed by atoms with Crippen molar-refractivity contribution in [1.82, 2.24) is 9.97 Å². The van der Waals surface area contributed by atoms with Crippen molar-refractivity contribution in [1.29, 1.82) is 0 Å². The Morgan fingerprint density at radius 2 is 2.05 bits per heavy atom. The molecule has 0 spiro atoms. The van der Waals surface area contributed by atoms with Crippen molar-refractivity contribution in [2.45, 2.75) is 26.9 Å². The third kappa shape index (κ3) is 3.20. The van der Waals surface area contributed by atoms with Crippen LogP contribution in [0.4, 0.5) is 4.39 Å². The summed E-state index contributed by atoms with van der Waals surface area (Å²) in [7, 11) is 0. The smallest absolute Gasteiger partial charge is 0.150 e. The van der Waals surface area contributed by atoms with Gasteiger partial charge in [0.05, 0.1) is 23.7 Å². The lowest BCUT2D eigenvalue weighted by molar-refractivity contribution is 0.242. The maximum Gasteiger partial charge on any atom is 0.150 e. The minimum absolute atomic E-state index is 0.0538. The van der Waals surface area contributed by atoms with Crippen molar-refractivity contribution < 1.29 is 9.13 Å². The summed E-state index contributed by atoms with van der Waals surface area (Å²) in [5.74, 6) is 0.101. The first-order valence-corrected chi connectivity index (χ1v) is 6.31. The van der Waals surface area contributed by atoms with Gasteiger partial charge >= 0.3 is 0 Å². The molecule has 2 rings (SSSR count). The fraction of sp³-hybridized carbons (Fsp3) is 0.286. The van der Waals surface area contributed by atoms with Crippen molar-refractivity contribution in [3.05, 3.63) is 41.1 Å². The molecule has 0 unspecified atom stereocenters. The van der Waals surface area contributed by atoms with E-state index in [1.54, 1.807) is 19.2 Å². The van der Waals surface area contributed by atoms with Crippen LogP contribution in [0.5, 0.6) is 5.75 Å². The van der Waals surface area contributed by atoms with E-state index in [9.17, 15) is 4.39 Å². The van der Waals surface area contributed by atoms with Crippen molar-refractivity contribution in [3.8, 4) is 17.0 Å². The molecular weight excluding hydrogens is 267 g/mol. The molecule has 0 saturated carbocycles. The predicted octanol–water partition coefficient (Wildman–Crippen LogP) is 4.03. The lowest BCUT2D eigenvalue weighted by Gasteiger charge is -2.14. The van der Waals surface area contributed by atoms with Crippen molar-refractivity contribution in [2.24, 2.45) is 0 Å². The molecule has 100 valence electrons. The number of aryl methyl sites for hydroxylation is 1. The van der Waals surface area contributed by atoms with Gasteiger partial charge in [-0.05, 0) is 32.9 Å². The zero-order valence-electron chi connectivity index (χ0n) is 10.9. The Bertz CT molecular complexity index is 602. The average Bonchev–Trinajstić information content (AvgIpc) is 2.32. The number of nitrogens with zero attached hydrogens (tertiary/aromatic N) is 2. The monoisotopic (exact) mass is 280 g/mol. The summed E-state index contributed by atoms with van der Waals surface area (Å²) in [6, 6.07) is 4.35. The first-order chi connectivity index (χ1) is 8.97. The van der Waals surface area contributed by atoms with Gasteiger partial charge in [-0.1, -0.05) is 11.6 Å². The molecule has 0 atom stereocenters. The summed E-state index contributed by atoms with van der Waals surface area (Å²) in [5, 5.41) is 0.359. The summed E-state index contributed by atoms with van der Waals surface area (Å²) in [6.45, 7) is 5.53. The predicted molar refractivity (Wildman–Crippen MR) is 72.9 cm³/mol. The van der Waals surface area contributed by atoms with Gasteiger partial charge in [0.2, 0.25) is 0 Å². The minimum Gasteiger partial charge on any atom is -0.490 e. The van der Waals surface area contributed by atoms with Crippen LogP contribution in [0.15, 0.2) is 24.4 Å². The molecule has 0 bridgehead atoms. The number of hydrogen-bond acceptors (Lipinski definition) is 3. The van der Waals surface area contributed by atoms with Gasteiger partial charge in [0, 0.05) is 11.6 Å². The Kier molecular flexibility index (Phi) is 4.00. The second-order valence-electron chi connectivity index (χ2n) is 4.44. The molecular formula is C14H14ClFN2O. The van der Waals surface area contributed by atoms with Crippen molar-refractivity contribution >= 4 is 11.6 Å². The van der Waals surface area contributed by atoms with E-state index in [0.717, 1.165) is 0 Å². The fourth-order valence-electron chi connectivity index (χ4n) is 1.66. The molecule has 19 heavy (non-hydrogen) atoms. The lowest BCUT2D eigenvalue weighted by Crippen LogP contribution is -2.07. The van der Waals surface area contributed by atoms with Crippen LogP contribution < -0.4 is 4.74 Å². The Morgan fingerprint density at radius 1 is 1.32 bits per heavy atom. The molecule has 0 amide bonds. The SMILES string of the molecule is Cc1nc(-c2ccc(F)cc2OC(C)C)cnc1Cl. The van der Waals surface area contributed by atoms with Crippen molar-refractivity contribution in [3.63, 3.8) is 0 Å². The molecule has 1 aromatic heterocycles. The number of hydrogen-bond donors (Lipinski definition) is 0. The zero-order valence-corrected chi connectivity index (χ0v) is 11.7. The highest BCUT2D eigenvalue weighted by Crippen LogP contribution is 2.30. The molecule has 5 heteroatoms. The van der Waals surface area contributed by atoms with Crippen molar-refractivity contribution in [2.75, 3.05) is 0 Å². The van der Waals surface area contributed by atoms with Crippen LogP contribution in [0.25, 0.3) is 11.3 Å². The maximum atomic E-state index is 13.3. The van der Waals surface area contributed by atoms with Crippen LogP contribution in [0.1, 0.15) is 19.5 Å². The van der Waals surface area contributed by atoms with E-state index >= 15 is 0 Å². The van der Waals surface area contributed by atoms with E-state index in [1.807, 2.05) is 13.8 Å². The summed E-state index contributed by atoms with van der Waals surface area (Å²) in [6.07, 6.45) is 1.50. The highest BCUT2D eigenvalue weighted by Gasteiger charge is 2.12. The van der Waals surface area contributed by atoms with E-state index in [1.165, 1.54) is 12.1 Å². The molecule has 0 saturated heterocycles. The molecule has 0 radical (unpaired) electrons. The number of benzene rings is 1. The number of halogens is 2. The van der Waals surface area contributed by atoms with Gasteiger partial charge in [-0.3, -0.25) is 0 Å². The van der Waals surface area contributed by atoms with E-state index in [2.05, 4.69) is 9.97 Å². The second-order valence-corrected chi connectivity index (χ2v) is 4.80. The Balaban J connectivity index is 2.51. The molecule has 0 N–H and O–H groups in total. The number of ether oxygens (including phenoxy) is 1. The third-order valence-electron chi connectivity index (χ3n) is 2.47. The Hall–Kier alpha value is -1.68. The zero-order chi connectivity index (χ0) is 14.0. The van der Waals surface area contributed by atoms with Crippen LogP contribution in [0, 0.1) is 12.7 Å². The Morgan fingerprint density at radius 3 is 2.68 bits per heavy atom.